The van der Waals surface area contributed by atoms with Crippen LogP contribution in [0.4, 0.5) is 5.69 Å². The smallest absolute Gasteiger partial charge is 0.269 e. The fraction of sp³-hybridized carbons (Fsp3) is 0.105. The van der Waals surface area contributed by atoms with Gasteiger partial charge in [0, 0.05) is 24.2 Å². The van der Waals surface area contributed by atoms with E-state index in [4.69, 9.17) is 0 Å². The number of nitrogens with one attached hydrogen (secondary N) is 3. The zero-order chi connectivity index (χ0) is 18.4. The minimum Gasteiger partial charge on any atom is -0.507 e. The van der Waals surface area contributed by atoms with E-state index in [1.165, 1.54) is 0 Å². The Balaban J connectivity index is 1.51. The first-order valence-corrected chi connectivity index (χ1v) is 8.10. The Kier molecular flexibility index (Phi) is 5.28. The van der Waals surface area contributed by atoms with E-state index in [1.54, 1.807) is 42.5 Å². The average Bonchev–Trinajstić information content (AvgIpc) is 3.13. The normalized spacial score (nSPS) is 10.3. The zero-order valence-electron chi connectivity index (χ0n) is 13.9. The summed E-state index contributed by atoms with van der Waals surface area (Å²) in [6.45, 7) is 0.197. The Morgan fingerprint density at radius 2 is 1.77 bits per heavy atom. The van der Waals surface area contributed by atoms with E-state index in [1.807, 2.05) is 18.2 Å². The van der Waals surface area contributed by atoms with Gasteiger partial charge in [0.05, 0.1) is 5.69 Å². The van der Waals surface area contributed by atoms with Crippen LogP contribution in [0.25, 0.3) is 11.3 Å². The highest BCUT2D eigenvalue weighted by atomic mass is 16.3. The third-order valence-electron chi connectivity index (χ3n) is 3.70. The van der Waals surface area contributed by atoms with Crippen LogP contribution in [0.2, 0.25) is 0 Å². The number of para-hydroxylation sites is 2. The summed E-state index contributed by atoms with van der Waals surface area (Å²) in [6.07, 6.45) is 0.154. The van der Waals surface area contributed by atoms with Crippen molar-refractivity contribution in [2.45, 2.75) is 6.42 Å². The van der Waals surface area contributed by atoms with Crippen molar-refractivity contribution in [1.82, 2.24) is 15.5 Å². The summed E-state index contributed by atoms with van der Waals surface area (Å²) in [4.78, 5) is 24.0. The van der Waals surface area contributed by atoms with Crippen molar-refractivity contribution < 1.29 is 14.7 Å². The van der Waals surface area contributed by atoms with E-state index in [0.29, 0.717) is 16.9 Å². The number of aromatic amines is 1. The summed E-state index contributed by atoms with van der Waals surface area (Å²) in [5.41, 5.74) is 1.97. The average molecular weight is 350 g/mol. The van der Waals surface area contributed by atoms with Crippen LogP contribution in [0.1, 0.15) is 16.9 Å². The number of aromatic hydroxyl groups is 1. The molecule has 0 radical (unpaired) electrons. The summed E-state index contributed by atoms with van der Waals surface area (Å²) in [7, 11) is 0. The molecule has 0 saturated carbocycles. The Labute approximate surface area is 150 Å². The van der Waals surface area contributed by atoms with Gasteiger partial charge in [-0.3, -0.25) is 14.7 Å². The molecule has 0 bridgehead atoms. The largest absolute Gasteiger partial charge is 0.507 e. The molecule has 0 saturated heterocycles. The van der Waals surface area contributed by atoms with E-state index in [9.17, 15) is 14.7 Å². The predicted molar refractivity (Wildman–Crippen MR) is 97.7 cm³/mol. The monoisotopic (exact) mass is 350 g/mol. The molecule has 2 amide bonds. The van der Waals surface area contributed by atoms with Crippen LogP contribution < -0.4 is 10.6 Å². The summed E-state index contributed by atoms with van der Waals surface area (Å²) in [5.74, 6) is -0.466. The van der Waals surface area contributed by atoms with Crippen LogP contribution in [-0.2, 0) is 4.79 Å². The SMILES string of the molecule is O=C(CCNC(=O)c1cc(-c2ccccc2O)n[nH]1)Nc1ccccc1. The van der Waals surface area contributed by atoms with Crippen LogP contribution >= 0.6 is 0 Å². The van der Waals surface area contributed by atoms with E-state index >= 15 is 0 Å². The first kappa shape index (κ1) is 17.2. The molecule has 4 N–H and O–H groups in total. The number of phenols is 1. The topological polar surface area (TPSA) is 107 Å². The molecule has 3 rings (SSSR count). The molecule has 3 aromatic rings. The molecule has 1 heterocycles. The maximum absolute atomic E-state index is 12.1. The second kappa shape index (κ2) is 7.98. The van der Waals surface area contributed by atoms with E-state index in [-0.39, 0.29) is 36.2 Å². The quantitative estimate of drug-likeness (QED) is 0.548. The van der Waals surface area contributed by atoms with Crippen LogP contribution in [-0.4, -0.2) is 33.7 Å². The van der Waals surface area contributed by atoms with E-state index < -0.39 is 0 Å². The molecule has 0 atom stereocenters. The minimum absolute atomic E-state index is 0.0866. The number of phenolic OH excluding ortho intramolecular Hbond substituents is 1. The number of rotatable bonds is 6. The number of aromatic nitrogens is 2. The van der Waals surface area contributed by atoms with Crippen molar-refractivity contribution in [3.63, 3.8) is 0 Å². The summed E-state index contributed by atoms with van der Waals surface area (Å²) >= 11 is 0. The number of carbonyl (C=O) groups is 2. The number of hydrogen-bond donors (Lipinski definition) is 4. The molecule has 0 spiro atoms. The van der Waals surface area contributed by atoms with Gasteiger partial charge in [0.1, 0.15) is 11.4 Å². The van der Waals surface area contributed by atoms with Gasteiger partial charge in [-0.1, -0.05) is 30.3 Å². The standard InChI is InChI=1S/C19H18N4O3/c24-17-9-5-4-8-14(17)15-12-16(23-22-15)19(26)20-11-10-18(25)21-13-6-2-1-3-7-13/h1-9,12,24H,10-11H2,(H,20,26)(H,21,25)(H,22,23). The van der Waals surface area contributed by atoms with Gasteiger partial charge in [-0.15, -0.1) is 0 Å². The van der Waals surface area contributed by atoms with Crippen molar-refractivity contribution in [3.05, 3.63) is 66.4 Å². The highest BCUT2D eigenvalue weighted by molar-refractivity contribution is 5.94. The molecule has 7 nitrogen and oxygen atoms in total. The van der Waals surface area contributed by atoms with Gasteiger partial charge in [0.15, 0.2) is 0 Å². The van der Waals surface area contributed by atoms with Gasteiger partial charge >= 0.3 is 0 Å². The number of hydrogen-bond acceptors (Lipinski definition) is 4. The maximum Gasteiger partial charge on any atom is 0.269 e. The lowest BCUT2D eigenvalue weighted by Gasteiger charge is -2.05. The van der Waals surface area contributed by atoms with E-state index in [0.717, 1.165) is 0 Å². The molecule has 7 heteroatoms. The Morgan fingerprint density at radius 3 is 2.54 bits per heavy atom. The highest BCUT2D eigenvalue weighted by Gasteiger charge is 2.13. The number of anilines is 1. The number of nitrogens with zero attached hydrogens (tertiary/aromatic N) is 1. The molecular weight excluding hydrogens is 332 g/mol. The molecule has 26 heavy (non-hydrogen) atoms. The van der Waals surface area contributed by atoms with Crippen molar-refractivity contribution >= 4 is 17.5 Å². The van der Waals surface area contributed by atoms with E-state index in [2.05, 4.69) is 20.8 Å². The number of H-pyrrole nitrogens is 1. The molecule has 0 unspecified atom stereocenters. The number of benzene rings is 2. The second-order valence-electron chi connectivity index (χ2n) is 5.60. The molecule has 0 aliphatic rings. The van der Waals surface area contributed by atoms with Gasteiger partial charge in [-0.25, -0.2) is 0 Å². The molecule has 0 aliphatic carbocycles. The fourth-order valence-corrected chi connectivity index (χ4v) is 2.40. The molecule has 0 fully saturated rings. The summed E-state index contributed by atoms with van der Waals surface area (Å²) in [5, 5.41) is 21.9. The summed E-state index contributed by atoms with van der Waals surface area (Å²) < 4.78 is 0. The molecule has 1 aromatic heterocycles. The van der Waals surface area contributed by atoms with Gasteiger partial charge in [0.25, 0.3) is 5.91 Å². The Morgan fingerprint density at radius 1 is 1.04 bits per heavy atom. The molecule has 2 aromatic carbocycles. The Bertz CT molecular complexity index is 906. The van der Waals surface area contributed by atoms with Crippen molar-refractivity contribution in [1.29, 1.82) is 0 Å². The van der Waals surface area contributed by atoms with Crippen LogP contribution in [0.5, 0.6) is 5.75 Å². The molecular formula is C19H18N4O3. The first-order valence-electron chi connectivity index (χ1n) is 8.10. The number of carbonyl (C=O) groups excluding carboxylic acids is 2. The van der Waals surface area contributed by atoms with Crippen LogP contribution in [0, 0.1) is 0 Å². The summed E-state index contributed by atoms with van der Waals surface area (Å²) in [6, 6.07) is 17.4. The van der Waals surface area contributed by atoms with Gasteiger partial charge < -0.3 is 15.7 Å². The molecule has 132 valence electrons. The van der Waals surface area contributed by atoms with Gasteiger partial charge in [-0.05, 0) is 30.3 Å². The van der Waals surface area contributed by atoms with Crippen molar-refractivity contribution in [2.24, 2.45) is 0 Å². The van der Waals surface area contributed by atoms with Crippen LogP contribution in [0.15, 0.2) is 60.7 Å². The Hall–Kier alpha value is -3.61. The lowest BCUT2D eigenvalue weighted by molar-refractivity contribution is -0.116. The fourth-order valence-electron chi connectivity index (χ4n) is 2.40. The lowest BCUT2D eigenvalue weighted by Crippen LogP contribution is -2.27. The van der Waals surface area contributed by atoms with Crippen molar-refractivity contribution in [2.75, 3.05) is 11.9 Å². The first-order chi connectivity index (χ1) is 12.6. The van der Waals surface area contributed by atoms with Gasteiger partial charge in [-0.2, -0.15) is 5.10 Å². The molecule has 0 aliphatic heterocycles. The zero-order valence-corrected chi connectivity index (χ0v) is 13.9. The maximum atomic E-state index is 12.1. The second-order valence-corrected chi connectivity index (χ2v) is 5.60. The third-order valence-corrected chi connectivity index (χ3v) is 3.70. The predicted octanol–water partition coefficient (Wildman–Crippen LogP) is 2.54. The number of amides is 2. The van der Waals surface area contributed by atoms with Gasteiger partial charge in [0.2, 0.25) is 5.91 Å². The highest BCUT2D eigenvalue weighted by Crippen LogP contribution is 2.27. The van der Waals surface area contributed by atoms with Crippen LogP contribution in [0.3, 0.4) is 0 Å². The third kappa shape index (κ3) is 4.27. The lowest BCUT2D eigenvalue weighted by atomic mass is 10.1. The van der Waals surface area contributed by atoms with Crippen molar-refractivity contribution in [3.8, 4) is 17.0 Å². The minimum atomic E-state index is -0.369.